The molecular formula is C11H23N. The van der Waals surface area contributed by atoms with E-state index in [1.54, 1.807) is 0 Å². The van der Waals surface area contributed by atoms with Crippen molar-refractivity contribution in [3.05, 3.63) is 0 Å². The van der Waals surface area contributed by atoms with Crippen molar-refractivity contribution in [1.29, 1.82) is 0 Å². The van der Waals surface area contributed by atoms with Gasteiger partial charge in [0.1, 0.15) is 0 Å². The summed E-state index contributed by atoms with van der Waals surface area (Å²) in [6.45, 7) is 10.3. The van der Waals surface area contributed by atoms with Gasteiger partial charge >= 0.3 is 0 Å². The van der Waals surface area contributed by atoms with Crippen LogP contribution in [0.1, 0.15) is 40.5 Å². The highest BCUT2D eigenvalue weighted by molar-refractivity contribution is 4.97. The first-order valence-electron chi connectivity index (χ1n) is 5.23. The van der Waals surface area contributed by atoms with Crippen molar-refractivity contribution in [1.82, 2.24) is 0 Å². The van der Waals surface area contributed by atoms with Gasteiger partial charge in [0, 0.05) is 0 Å². The third-order valence-corrected chi connectivity index (χ3v) is 3.97. The third kappa shape index (κ3) is 1.39. The lowest BCUT2D eigenvalue weighted by Gasteiger charge is -2.54. The van der Waals surface area contributed by atoms with Crippen LogP contribution in [-0.4, -0.2) is 6.54 Å². The predicted octanol–water partition coefficient (Wildman–Crippen LogP) is 2.65. The van der Waals surface area contributed by atoms with Gasteiger partial charge in [0.15, 0.2) is 0 Å². The second-order valence-corrected chi connectivity index (χ2v) is 5.05. The summed E-state index contributed by atoms with van der Waals surface area (Å²) in [5, 5.41) is 0. The van der Waals surface area contributed by atoms with E-state index < -0.39 is 0 Å². The smallest absolute Gasteiger partial charge is 0.00484 e. The molecule has 0 radical (unpaired) electrons. The molecule has 0 unspecified atom stereocenters. The van der Waals surface area contributed by atoms with Gasteiger partial charge in [-0.2, -0.15) is 0 Å². The van der Waals surface area contributed by atoms with Crippen molar-refractivity contribution in [3.63, 3.8) is 0 Å². The lowest BCUT2D eigenvalue weighted by molar-refractivity contribution is -0.0352. The molecule has 1 rings (SSSR count). The van der Waals surface area contributed by atoms with Crippen molar-refractivity contribution in [2.24, 2.45) is 28.9 Å². The van der Waals surface area contributed by atoms with E-state index in [1.165, 1.54) is 12.8 Å². The Morgan fingerprint density at radius 3 is 1.83 bits per heavy atom. The molecule has 0 spiro atoms. The van der Waals surface area contributed by atoms with Gasteiger partial charge in [-0.3, -0.25) is 0 Å². The van der Waals surface area contributed by atoms with Crippen molar-refractivity contribution in [3.8, 4) is 0 Å². The fourth-order valence-electron chi connectivity index (χ4n) is 2.79. The average Bonchev–Trinajstić information content (AvgIpc) is 1.83. The Morgan fingerprint density at radius 1 is 1.17 bits per heavy atom. The van der Waals surface area contributed by atoms with Gasteiger partial charge in [-0.25, -0.2) is 0 Å². The maximum atomic E-state index is 5.66. The fourth-order valence-corrected chi connectivity index (χ4v) is 2.79. The van der Waals surface area contributed by atoms with Crippen LogP contribution in [0.25, 0.3) is 0 Å². The van der Waals surface area contributed by atoms with Crippen LogP contribution >= 0.6 is 0 Å². The van der Waals surface area contributed by atoms with E-state index in [2.05, 4.69) is 27.7 Å². The average molecular weight is 169 g/mol. The molecule has 0 heterocycles. The van der Waals surface area contributed by atoms with E-state index in [9.17, 15) is 0 Å². The Morgan fingerprint density at radius 2 is 1.58 bits per heavy atom. The molecule has 0 aliphatic heterocycles. The summed E-state index contributed by atoms with van der Waals surface area (Å²) < 4.78 is 0. The number of hydrogen-bond donors (Lipinski definition) is 1. The van der Waals surface area contributed by atoms with E-state index in [-0.39, 0.29) is 0 Å². The van der Waals surface area contributed by atoms with E-state index in [4.69, 9.17) is 5.73 Å². The summed E-state index contributed by atoms with van der Waals surface area (Å²) in [6.07, 6.45) is 2.72. The van der Waals surface area contributed by atoms with Crippen LogP contribution in [0.2, 0.25) is 0 Å². The Labute approximate surface area is 76.7 Å². The quantitative estimate of drug-likeness (QED) is 0.690. The molecule has 1 fully saturated rings. The third-order valence-electron chi connectivity index (χ3n) is 3.97. The van der Waals surface area contributed by atoms with Gasteiger partial charge in [0.2, 0.25) is 0 Å². The first-order valence-corrected chi connectivity index (χ1v) is 5.23. The summed E-state index contributed by atoms with van der Waals surface area (Å²) in [5.74, 6) is 2.45. The Hall–Kier alpha value is -0.0400. The van der Waals surface area contributed by atoms with Crippen LogP contribution in [0.5, 0.6) is 0 Å². The lowest BCUT2D eigenvalue weighted by Crippen LogP contribution is -2.47. The standard InChI is InChI=1S/C11H23N/c1-8(2)11(9(3)4)5-10(6-11)7-12/h8-10H,5-7,12H2,1-4H3. The summed E-state index contributed by atoms with van der Waals surface area (Å²) in [7, 11) is 0. The van der Waals surface area contributed by atoms with Gasteiger partial charge in [0.05, 0.1) is 0 Å². The SMILES string of the molecule is CC(C)C1(C(C)C)CC(CN)C1. The predicted molar refractivity (Wildman–Crippen MR) is 53.9 cm³/mol. The molecule has 2 N–H and O–H groups in total. The molecule has 1 aliphatic carbocycles. The number of nitrogens with two attached hydrogens (primary N) is 1. The molecule has 0 aromatic rings. The zero-order valence-electron chi connectivity index (χ0n) is 8.93. The largest absolute Gasteiger partial charge is 0.330 e. The van der Waals surface area contributed by atoms with E-state index in [0.29, 0.717) is 5.41 Å². The van der Waals surface area contributed by atoms with Crippen LogP contribution in [-0.2, 0) is 0 Å². The second kappa shape index (κ2) is 3.37. The molecule has 1 nitrogen and oxygen atoms in total. The second-order valence-electron chi connectivity index (χ2n) is 5.05. The minimum absolute atomic E-state index is 0.615. The van der Waals surface area contributed by atoms with Crippen molar-refractivity contribution < 1.29 is 0 Å². The summed E-state index contributed by atoms with van der Waals surface area (Å²) in [6, 6.07) is 0. The molecule has 0 saturated heterocycles. The molecule has 0 atom stereocenters. The van der Waals surface area contributed by atoms with Crippen LogP contribution in [0.4, 0.5) is 0 Å². The van der Waals surface area contributed by atoms with Gasteiger partial charge in [-0.05, 0) is 42.6 Å². The molecule has 12 heavy (non-hydrogen) atoms. The molecule has 1 heteroatoms. The maximum Gasteiger partial charge on any atom is -0.00484 e. The normalized spacial score (nSPS) is 23.2. The van der Waals surface area contributed by atoms with Gasteiger partial charge in [-0.15, -0.1) is 0 Å². The van der Waals surface area contributed by atoms with E-state index >= 15 is 0 Å². The minimum Gasteiger partial charge on any atom is -0.330 e. The highest BCUT2D eigenvalue weighted by Gasteiger charge is 2.47. The fraction of sp³-hybridized carbons (Fsp3) is 1.00. The summed E-state index contributed by atoms with van der Waals surface area (Å²) in [4.78, 5) is 0. The highest BCUT2D eigenvalue weighted by atomic mass is 14.6. The van der Waals surface area contributed by atoms with Gasteiger partial charge in [-0.1, -0.05) is 27.7 Å². The Balaban J connectivity index is 2.56. The monoisotopic (exact) mass is 169 g/mol. The zero-order valence-corrected chi connectivity index (χ0v) is 8.93. The maximum absolute atomic E-state index is 5.66. The number of hydrogen-bond acceptors (Lipinski definition) is 1. The molecular weight excluding hydrogens is 146 g/mol. The lowest BCUT2D eigenvalue weighted by atomic mass is 9.52. The van der Waals surface area contributed by atoms with Gasteiger partial charge in [0.25, 0.3) is 0 Å². The Bertz CT molecular complexity index is 133. The number of rotatable bonds is 3. The Kier molecular flexibility index (Phi) is 2.82. The van der Waals surface area contributed by atoms with Crippen LogP contribution in [0, 0.1) is 23.2 Å². The van der Waals surface area contributed by atoms with Crippen LogP contribution < -0.4 is 5.73 Å². The summed E-state index contributed by atoms with van der Waals surface area (Å²) in [5.41, 5.74) is 6.27. The van der Waals surface area contributed by atoms with Crippen LogP contribution in [0.3, 0.4) is 0 Å². The molecule has 0 bridgehead atoms. The summed E-state index contributed by atoms with van der Waals surface area (Å²) >= 11 is 0. The topological polar surface area (TPSA) is 26.0 Å². The van der Waals surface area contributed by atoms with E-state index in [1.807, 2.05) is 0 Å². The first kappa shape index (κ1) is 10.0. The van der Waals surface area contributed by atoms with Gasteiger partial charge < -0.3 is 5.73 Å². The first-order chi connectivity index (χ1) is 5.53. The molecule has 0 aromatic heterocycles. The minimum atomic E-state index is 0.615. The molecule has 1 saturated carbocycles. The highest BCUT2D eigenvalue weighted by Crippen LogP contribution is 2.55. The zero-order chi connectivity index (χ0) is 9.35. The molecule has 72 valence electrons. The van der Waals surface area contributed by atoms with E-state index in [0.717, 1.165) is 24.3 Å². The van der Waals surface area contributed by atoms with Crippen molar-refractivity contribution >= 4 is 0 Å². The molecule has 1 aliphatic rings. The van der Waals surface area contributed by atoms with Crippen molar-refractivity contribution in [2.75, 3.05) is 6.54 Å². The van der Waals surface area contributed by atoms with Crippen LogP contribution in [0.15, 0.2) is 0 Å². The molecule has 0 amide bonds. The molecule has 0 aromatic carbocycles. The van der Waals surface area contributed by atoms with Crippen molar-refractivity contribution in [2.45, 2.75) is 40.5 Å².